The predicted molar refractivity (Wildman–Crippen MR) is 81.0 cm³/mol. The fraction of sp³-hybridized carbons (Fsp3) is 0.533. The number of anilines is 1. The van der Waals surface area contributed by atoms with Crippen molar-refractivity contribution < 1.29 is 9.18 Å². The average Bonchev–Trinajstić information content (AvgIpc) is 2.95. The first-order chi connectivity index (χ1) is 10.6. The van der Waals surface area contributed by atoms with Gasteiger partial charge in [-0.3, -0.25) is 9.69 Å². The van der Waals surface area contributed by atoms with E-state index in [0.717, 1.165) is 25.5 Å². The summed E-state index contributed by atoms with van der Waals surface area (Å²) in [4.78, 5) is 26.8. The van der Waals surface area contributed by atoms with Gasteiger partial charge in [0, 0.05) is 39.8 Å². The molecule has 2 saturated heterocycles. The van der Waals surface area contributed by atoms with Crippen molar-refractivity contribution >= 4 is 11.9 Å². The molecule has 2 aliphatic rings. The first-order valence-electron chi connectivity index (χ1n) is 7.41. The van der Waals surface area contributed by atoms with Gasteiger partial charge < -0.3 is 9.80 Å². The van der Waals surface area contributed by atoms with Crippen molar-refractivity contribution in [2.24, 2.45) is 0 Å². The molecule has 2 fully saturated rings. The summed E-state index contributed by atoms with van der Waals surface area (Å²) in [7, 11) is 1.84. The van der Waals surface area contributed by atoms with Crippen LogP contribution >= 0.6 is 0 Å². The first kappa shape index (κ1) is 14.9. The Labute approximate surface area is 129 Å². The summed E-state index contributed by atoms with van der Waals surface area (Å²) in [5, 5.41) is 0. The standard InChI is InChI=1S/C15H20FN5O/c1-3-5-21-8-7-19(2)13(22)15(21)4-6-20(11-15)14-17-9-12(16)10-18-14/h3,9-10H,1,4-8,11H2,2H3/t15-/m1/s1. The van der Waals surface area contributed by atoms with Crippen molar-refractivity contribution in [1.29, 1.82) is 0 Å². The molecule has 0 unspecified atom stereocenters. The lowest BCUT2D eigenvalue weighted by molar-refractivity contribution is -0.147. The highest BCUT2D eigenvalue weighted by atomic mass is 19.1. The van der Waals surface area contributed by atoms with Gasteiger partial charge in [0.2, 0.25) is 11.9 Å². The Balaban J connectivity index is 1.86. The Bertz CT molecular complexity index is 578. The van der Waals surface area contributed by atoms with Crippen LogP contribution in [0.4, 0.5) is 10.3 Å². The summed E-state index contributed by atoms with van der Waals surface area (Å²) >= 11 is 0. The molecule has 0 N–H and O–H groups in total. The summed E-state index contributed by atoms with van der Waals surface area (Å²) in [5.41, 5.74) is -0.557. The highest BCUT2D eigenvalue weighted by Crippen LogP contribution is 2.33. The number of rotatable bonds is 3. The van der Waals surface area contributed by atoms with Crippen molar-refractivity contribution in [3.05, 3.63) is 30.9 Å². The van der Waals surface area contributed by atoms with E-state index in [1.807, 2.05) is 18.0 Å². The van der Waals surface area contributed by atoms with Crippen LogP contribution in [0.1, 0.15) is 6.42 Å². The van der Waals surface area contributed by atoms with Gasteiger partial charge in [-0.25, -0.2) is 14.4 Å². The molecule has 1 aromatic heterocycles. The monoisotopic (exact) mass is 305 g/mol. The SMILES string of the molecule is C=CCN1CCN(C)C(=O)[C@]12CCN(c1ncc(F)cn1)C2. The minimum atomic E-state index is -0.557. The van der Waals surface area contributed by atoms with Crippen LogP contribution in [0.15, 0.2) is 25.0 Å². The van der Waals surface area contributed by atoms with Gasteiger partial charge in [-0.2, -0.15) is 0 Å². The number of amides is 1. The van der Waals surface area contributed by atoms with Gasteiger partial charge in [-0.1, -0.05) is 6.08 Å². The van der Waals surface area contributed by atoms with Crippen LogP contribution in [0.3, 0.4) is 0 Å². The van der Waals surface area contributed by atoms with Gasteiger partial charge in [0.25, 0.3) is 0 Å². The topological polar surface area (TPSA) is 52.6 Å². The molecule has 7 heteroatoms. The van der Waals surface area contributed by atoms with Crippen LogP contribution in [0.25, 0.3) is 0 Å². The molecule has 1 aromatic rings. The highest BCUT2D eigenvalue weighted by molar-refractivity contribution is 5.88. The molecule has 3 rings (SSSR count). The van der Waals surface area contributed by atoms with Crippen molar-refractivity contribution in [1.82, 2.24) is 19.8 Å². The molecule has 0 bridgehead atoms. The van der Waals surface area contributed by atoms with Crippen LogP contribution in [0, 0.1) is 5.82 Å². The predicted octanol–water partition coefficient (Wildman–Crippen LogP) is 0.525. The van der Waals surface area contributed by atoms with E-state index in [1.54, 1.807) is 4.90 Å². The number of likely N-dealkylation sites (N-methyl/N-ethyl adjacent to an activating group) is 1. The summed E-state index contributed by atoms with van der Waals surface area (Å²) in [6.45, 7) is 7.22. The quantitative estimate of drug-likeness (QED) is 0.762. The maximum Gasteiger partial charge on any atom is 0.244 e. The van der Waals surface area contributed by atoms with Crippen LogP contribution in [-0.2, 0) is 4.79 Å². The zero-order valence-corrected chi connectivity index (χ0v) is 12.7. The van der Waals surface area contributed by atoms with Crippen molar-refractivity contribution in [3.8, 4) is 0 Å². The fourth-order valence-electron chi connectivity index (χ4n) is 3.36. The van der Waals surface area contributed by atoms with Gasteiger partial charge in [0.1, 0.15) is 5.54 Å². The second kappa shape index (κ2) is 5.64. The number of hydrogen-bond acceptors (Lipinski definition) is 5. The summed E-state index contributed by atoms with van der Waals surface area (Å²) < 4.78 is 13.0. The number of piperazine rings is 1. The maximum atomic E-state index is 13.0. The van der Waals surface area contributed by atoms with Crippen molar-refractivity contribution in [3.63, 3.8) is 0 Å². The number of aromatic nitrogens is 2. The third-order valence-electron chi connectivity index (χ3n) is 4.54. The van der Waals surface area contributed by atoms with E-state index in [4.69, 9.17) is 0 Å². The third kappa shape index (κ3) is 2.35. The Morgan fingerprint density at radius 1 is 1.36 bits per heavy atom. The largest absolute Gasteiger partial charge is 0.343 e. The molecule has 118 valence electrons. The molecule has 0 aliphatic carbocycles. The zero-order chi connectivity index (χ0) is 15.7. The fourth-order valence-corrected chi connectivity index (χ4v) is 3.36. The van der Waals surface area contributed by atoms with Crippen LogP contribution in [0.2, 0.25) is 0 Å². The maximum absolute atomic E-state index is 13.0. The summed E-state index contributed by atoms with van der Waals surface area (Å²) in [6.07, 6.45) is 4.86. The van der Waals surface area contributed by atoms with E-state index in [9.17, 15) is 9.18 Å². The first-order valence-corrected chi connectivity index (χ1v) is 7.41. The Kier molecular flexibility index (Phi) is 3.82. The van der Waals surface area contributed by atoms with E-state index in [-0.39, 0.29) is 5.91 Å². The summed E-state index contributed by atoms with van der Waals surface area (Å²) in [5.74, 6) is 0.141. The van der Waals surface area contributed by atoms with E-state index in [0.29, 0.717) is 32.0 Å². The Morgan fingerprint density at radius 2 is 2.09 bits per heavy atom. The Morgan fingerprint density at radius 3 is 2.77 bits per heavy atom. The van der Waals surface area contributed by atoms with Crippen LogP contribution in [-0.4, -0.2) is 71.0 Å². The van der Waals surface area contributed by atoms with Gasteiger partial charge in [0.15, 0.2) is 5.82 Å². The minimum Gasteiger partial charge on any atom is -0.343 e. The van der Waals surface area contributed by atoms with Gasteiger partial charge >= 0.3 is 0 Å². The molecule has 22 heavy (non-hydrogen) atoms. The minimum absolute atomic E-state index is 0.130. The average molecular weight is 305 g/mol. The molecule has 0 aromatic carbocycles. The molecule has 2 aliphatic heterocycles. The zero-order valence-electron chi connectivity index (χ0n) is 12.7. The van der Waals surface area contributed by atoms with E-state index in [1.165, 1.54) is 0 Å². The molecular weight excluding hydrogens is 285 g/mol. The smallest absolute Gasteiger partial charge is 0.244 e. The molecule has 0 saturated carbocycles. The van der Waals surface area contributed by atoms with Crippen molar-refractivity contribution in [2.75, 3.05) is 44.7 Å². The highest BCUT2D eigenvalue weighted by Gasteiger charge is 2.52. The number of halogens is 1. The van der Waals surface area contributed by atoms with Crippen LogP contribution in [0.5, 0.6) is 0 Å². The molecule has 1 spiro atoms. The lowest BCUT2D eigenvalue weighted by Gasteiger charge is -2.46. The molecule has 0 radical (unpaired) electrons. The van der Waals surface area contributed by atoms with E-state index in [2.05, 4.69) is 21.4 Å². The van der Waals surface area contributed by atoms with E-state index < -0.39 is 11.4 Å². The number of carbonyl (C=O) groups excluding carboxylic acids is 1. The lowest BCUT2D eigenvalue weighted by atomic mass is 9.91. The number of carbonyl (C=O) groups is 1. The second-order valence-electron chi connectivity index (χ2n) is 5.87. The third-order valence-corrected chi connectivity index (χ3v) is 4.54. The summed E-state index contributed by atoms with van der Waals surface area (Å²) in [6, 6.07) is 0. The van der Waals surface area contributed by atoms with E-state index >= 15 is 0 Å². The second-order valence-corrected chi connectivity index (χ2v) is 5.87. The normalized spacial score (nSPS) is 26.0. The lowest BCUT2D eigenvalue weighted by Crippen LogP contribution is -2.66. The number of hydrogen-bond donors (Lipinski definition) is 0. The van der Waals surface area contributed by atoms with Gasteiger partial charge in [-0.15, -0.1) is 6.58 Å². The molecular formula is C15H20FN5O. The molecule has 1 amide bonds. The number of nitrogens with zero attached hydrogens (tertiary/aromatic N) is 5. The van der Waals surface area contributed by atoms with Crippen molar-refractivity contribution in [2.45, 2.75) is 12.0 Å². The van der Waals surface area contributed by atoms with Crippen LogP contribution < -0.4 is 4.90 Å². The Hall–Kier alpha value is -2.02. The molecule has 1 atom stereocenters. The molecule has 6 nitrogen and oxygen atoms in total. The van der Waals surface area contributed by atoms with Gasteiger partial charge in [0.05, 0.1) is 12.4 Å². The van der Waals surface area contributed by atoms with Gasteiger partial charge in [-0.05, 0) is 6.42 Å². The molecule has 3 heterocycles.